The summed E-state index contributed by atoms with van der Waals surface area (Å²) < 4.78 is 16.9. The van der Waals surface area contributed by atoms with Crippen LogP contribution < -0.4 is 19.5 Å². The normalized spacial score (nSPS) is 11.7. The Balaban J connectivity index is 0.00000364. The summed E-state index contributed by atoms with van der Waals surface area (Å²) in [5.74, 6) is 1.93. The SMILES string of the molecule is CCOc1ccc(C(COc2ccccc2)NC(=O)C(C)C)cc1OC.[HH]. The van der Waals surface area contributed by atoms with Gasteiger partial charge in [0.05, 0.1) is 19.8 Å². The fraction of sp³-hybridized carbons (Fsp3) is 0.381. The van der Waals surface area contributed by atoms with Crippen LogP contribution in [-0.2, 0) is 4.79 Å². The Morgan fingerprint density at radius 2 is 1.81 bits per heavy atom. The molecule has 0 spiro atoms. The molecule has 0 saturated carbocycles. The summed E-state index contributed by atoms with van der Waals surface area (Å²) in [6.45, 7) is 6.53. The highest BCUT2D eigenvalue weighted by Gasteiger charge is 2.19. The molecule has 2 rings (SSSR count). The van der Waals surface area contributed by atoms with Crippen LogP contribution in [0.4, 0.5) is 0 Å². The van der Waals surface area contributed by atoms with Crippen molar-refractivity contribution in [1.29, 1.82) is 0 Å². The van der Waals surface area contributed by atoms with Gasteiger partial charge in [0.25, 0.3) is 0 Å². The molecule has 0 aliphatic heterocycles. The Bertz CT molecular complexity index is 707. The molecule has 5 heteroatoms. The largest absolute Gasteiger partial charge is 0.493 e. The smallest absolute Gasteiger partial charge is 0.223 e. The first-order chi connectivity index (χ1) is 12.5. The number of para-hydroxylation sites is 1. The summed E-state index contributed by atoms with van der Waals surface area (Å²) in [6, 6.07) is 14.9. The Kier molecular flexibility index (Phi) is 7.33. The van der Waals surface area contributed by atoms with Crippen LogP contribution in [-0.4, -0.2) is 26.2 Å². The number of benzene rings is 2. The number of rotatable bonds is 9. The lowest BCUT2D eigenvalue weighted by molar-refractivity contribution is -0.125. The third-order valence-electron chi connectivity index (χ3n) is 3.89. The molecule has 0 radical (unpaired) electrons. The Morgan fingerprint density at radius 1 is 1.08 bits per heavy atom. The molecule has 1 N–H and O–H groups in total. The van der Waals surface area contributed by atoms with Gasteiger partial charge < -0.3 is 19.5 Å². The van der Waals surface area contributed by atoms with Crippen molar-refractivity contribution in [1.82, 2.24) is 5.32 Å². The first kappa shape index (κ1) is 19.6. The van der Waals surface area contributed by atoms with Gasteiger partial charge in [-0.05, 0) is 36.8 Å². The zero-order chi connectivity index (χ0) is 18.9. The van der Waals surface area contributed by atoms with E-state index in [1.807, 2.05) is 69.3 Å². The molecule has 2 aromatic rings. The Labute approximate surface area is 156 Å². The van der Waals surface area contributed by atoms with Crippen molar-refractivity contribution >= 4 is 5.91 Å². The number of hydrogen-bond acceptors (Lipinski definition) is 4. The van der Waals surface area contributed by atoms with Gasteiger partial charge in [0, 0.05) is 7.34 Å². The number of ether oxygens (including phenoxy) is 3. The molecule has 2 aromatic carbocycles. The number of hydrogen-bond donors (Lipinski definition) is 1. The fourth-order valence-corrected chi connectivity index (χ4v) is 2.43. The molecule has 1 unspecified atom stereocenters. The van der Waals surface area contributed by atoms with E-state index in [2.05, 4.69) is 5.32 Å². The van der Waals surface area contributed by atoms with Gasteiger partial charge in [0.1, 0.15) is 12.4 Å². The van der Waals surface area contributed by atoms with Gasteiger partial charge in [-0.15, -0.1) is 0 Å². The van der Waals surface area contributed by atoms with Gasteiger partial charge in [-0.25, -0.2) is 0 Å². The quantitative estimate of drug-likeness (QED) is 0.728. The lowest BCUT2D eigenvalue weighted by atomic mass is 10.1. The number of carbonyl (C=O) groups is 1. The van der Waals surface area contributed by atoms with E-state index in [4.69, 9.17) is 14.2 Å². The molecule has 0 heterocycles. The summed E-state index contributed by atoms with van der Waals surface area (Å²) in [6.07, 6.45) is 0. The van der Waals surface area contributed by atoms with E-state index < -0.39 is 0 Å². The van der Waals surface area contributed by atoms with E-state index in [9.17, 15) is 4.79 Å². The second kappa shape index (κ2) is 9.70. The average molecular weight is 359 g/mol. The first-order valence-corrected chi connectivity index (χ1v) is 8.84. The van der Waals surface area contributed by atoms with Crippen LogP contribution in [0, 0.1) is 5.92 Å². The second-order valence-corrected chi connectivity index (χ2v) is 6.18. The van der Waals surface area contributed by atoms with Crippen molar-refractivity contribution in [2.75, 3.05) is 20.3 Å². The number of nitrogens with one attached hydrogen (secondary N) is 1. The molecular formula is C21H29NO4. The highest BCUT2D eigenvalue weighted by molar-refractivity contribution is 5.78. The van der Waals surface area contributed by atoms with E-state index in [-0.39, 0.29) is 19.3 Å². The first-order valence-electron chi connectivity index (χ1n) is 8.84. The molecule has 5 nitrogen and oxygen atoms in total. The molecule has 0 aliphatic rings. The predicted octanol–water partition coefficient (Wildman–Crippen LogP) is 4.23. The number of amides is 1. The van der Waals surface area contributed by atoms with Crippen molar-refractivity contribution in [3.63, 3.8) is 0 Å². The minimum atomic E-state index is -0.297. The number of carbonyl (C=O) groups excluding carboxylic acids is 1. The standard InChI is InChI=1S/C21H27NO4.H2/c1-5-25-19-12-11-16(13-20(19)24-4)18(22-21(23)15(2)3)14-26-17-9-7-6-8-10-17;/h6-13,15,18H,5,14H2,1-4H3,(H,22,23);1H. The van der Waals surface area contributed by atoms with Crippen molar-refractivity contribution < 1.29 is 20.4 Å². The van der Waals surface area contributed by atoms with Crippen LogP contribution >= 0.6 is 0 Å². The van der Waals surface area contributed by atoms with E-state index in [1.165, 1.54) is 0 Å². The summed E-state index contributed by atoms with van der Waals surface area (Å²) in [5.41, 5.74) is 0.898. The maximum absolute atomic E-state index is 12.2. The maximum atomic E-state index is 12.2. The summed E-state index contributed by atoms with van der Waals surface area (Å²) in [7, 11) is 1.60. The zero-order valence-electron chi connectivity index (χ0n) is 15.8. The van der Waals surface area contributed by atoms with E-state index in [1.54, 1.807) is 7.11 Å². The van der Waals surface area contributed by atoms with Crippen molar-refractivity contribution in [2.24, 2.45) is 5.92 Å². The topological polar surface area (TPSA) is 56.8 Å². The fourth-order valence-electron chi connectivity index (χ4n) is 2.43. The van der Waals surface area contributed by atoms with Crippen LogP contribution in [0.3, 0.4) is 0 Å². The number of methoxy groups -OCH3 is 1. The minimum absolute atomic E-state index is 0. The van der Waals surface area contributed by atoms with Crippen LogP contribution in [0.2, 0.25) is 0 Å². The van der Waals surface area contributed by atoms with Crippen LogP contribution in [0.1, 0.15) is 33.8 Å². The average Bonchev–Trinajstić information content (AvgIpc) is 2.66. The van der Waals surface area contributed by atoms with Crippen LogP contribution in [0.25, 0.3) is 0 Å². The zero-order valence-corrected chi connectivity index (χ0v) is 15.8. The molecule has 1 amide bonds. The lowest BCUT2D eigenvalue weighted by Crippen LogP contribution is -2.35. The summed E-state index contributed by atoms with van der Waals surface area (Å²) in [4.78, 5) is 12.2. The Morgan fingerprint density at radius 3 is 2.42 bits per heavy atom. The van der Waals surface area contributed by atoms with Crippen molar-refractivity contribution in [2.45, 2.75) is 26.8 Å². The van der Waals surface area contributed by atoms with Gasteiger partial charge in [0.15, 0.2) is 11.5 Å². The lowest BCUT2D eigenvalue weighted by Gasteiger charge is -2.22. The van der Waals surface area contributed by atoms with Gasteiger partial charge in [-0.3, -0.25) is 4.79 Å². The van der Waals surface area contributed by atoms with Crippen LogP contribution in [0.15, 0.2) is 48.5 Å². The van der Waals surface area contributed by atoms with E-state index >= 15 is 0 Å². The van der Waals surface area contributed by atoms with Gasteiger partial charge in [-0.1, -0.05) is 38.1 Å². The van der Waals surface area contributed by atoms with E-state index in [0.29, 0.717) is 24.7 Å². The van der Waals surface area contributed by atoms with Gasteiger partial charge in [0.2, 0.25) is 5.91 Å². The van der Waals surface area contributed by atoms with Gasteiger partial charge >= 0.3 is 0 Å². The third-order valence-corrected chi connectivity index (χ3v) is 3.89. The van der Waals surface area contributed by atoms with Gasteiger partial charge in [-0.2, -0.15) is 0 Å². The molecule has 0 aromatic heterocycles. The highest BCUT2D eigenvalue weighted by atomic mass is 16.5. The molecule has 0 fully saturated rings. The van der Waals surface area contributed by atoms with Crippen molar-refractivity contribution in [3.05, 3.63) is 54.1 Å². The minimum Gasteiger partial charge on any atom is -0.493 e. The summed E-state index contributed by atoms with van der Waals surface area (Å²) >= 11 is 0. The van der Waals surface area contributed by atoms with E-state index in [0.717, 1.165) is 11.3 Å². The molecule has 142 valence electrons. The molecule has 1 atom stereocenters. The highest BCUT2D eigenvalue weighted by Crippen LogP contribution is 2.30. The summed E-state index contributed by atoms with van der Waals surface area (Å²) in [5, 5.41) is 3.05. The Hall–Kier alpha value is -2.69. The van der Waals surface area contributed by atoms with Crippen molar-refractivity contribution in [3.8, 4) is 17.2 Å². The predicted molar refractivity (Wildman–Crippen MR) is 104 cm³/mol. The monoisotopic (exact) mass is 359 g/mol. The molecule has 26 heavy (non-hydrogen) atoms. The molecule has 0 saturated heterocycles. The molecule has 0 aliphatic carbocycles. The maximum Gasteiger partial charge on any atom is 0.223 e. The molecule has 0 bridgehead atoms. The van der Waals surface area contributed by atoms with Crippen LogP contribution in [0.5, 0.6) is 17.2 Å². The third kappa shape index (κ3) is 5.41. The molecular weight excluding hydrogens is 330 g/mol. The second-order valence-electron chi connectivity index (χ2n) is 6.18.